The lowest BCUT2D eigenvalue weighted by Gasteiger charge is -2.11. The highest BCUT2D eigenvalue weighted by molar-refractivity contribution is 5.81. The number of aromatic nitrogens is 3. The number of rotatable bonds is 4. The predicted molar refractivity (Wildman–Crippen MR) is 80.7 cm³/mol. The fourth-order valence-electron chi connectivity index (χ4n) is 2.77. The molecule has 0 N–H and O–H groups in total. The van der Waals surface area contributed by atoms with Crippen molar-refractivity contribution in [2.75, 3.05) is 0 Å². The van der Waals surface area contributed by atoms with Crippen LogP contribution in [0.3, 0.4) is 0 Å². The van der Waals surface area contributed by atoms with Crippen LogP contribution < -0.4 is 0 Å². The summed E-state index contributed by atoms with van der Waals surface area (Å²) in [6.07, 6.45) is 6.53. The molecule has 1 saturated carbocycles. The molecule has 1 aromatic carbocycles. The van der Waals surface area contributed by atoms with Crippen LogP contribution in [0.1, 0.15) is 18.9 Å². The van der Waals surface area contributed by atoms with Gasteiger partial charge in [-0.05, 0) is 42.5 Å². The number of aldehydes is 1. The van der Waals surface area contributed by atoms with Crippen LogP contribution in [0.4, 0.5) is 4.39 Å². The minimum atomic E-state index is -0.266. The summed E-state index contributed by atoms with van der Waals surface area (Å²) in [6, 6.07) is 8.03. The predicted octanol–water partition coefficient (Wildman–Crippen LogP) is 3.39. The Morgan fingerprint density at radius 1 is 1.18 bits per heavy atom. The van der Waals surface area contributed by atoms with Crippen LogP contribution in [-0.4, -0.2) is 21.1 Å². The molecule has 5 heteroatoms. The third-order valence-corrected chi connectivity index (χ3v) is 4.15. The lowest BCUT2D eigenvalue weighted by Crippen LogP contribution is -2.13. The van der Waals surface area contributed by atoms with Crippen molar-refractivity contribution in [1.29, 1.82) is 0 Å². The molecule has 1 fully saturated rings. The van der Waals surface area contributed by atoms with Gasteiger partial charge >= 0.3 is 0 Å². The lowest BCUT2D eigenvalue weighted by atomic mass is 10.1. The number of carbonyl (C=O) groups excluding carboxylic acids is 1. The van der Waals surface area contributed by atoms with Crippen molar-refractivity contribution in [2.45, 2.75) is 18.9 Å². The topological polar surface area (TPSA) is 47.8 Å². The van der Waals surface area contributed by atoms with Crippen molar-refractivity contribution in [3.63, 3.8) is 0 Å². The van der Waals surface area contributed by atoms with E-state index in [1.165, 1.54) is 12.1 Å². The zero-order valence-corrected chi connectivity index (χ0v) is 11.8. The summed E-state index contributed by atoms with van der Waals surface area (Å²) < 4.78 is 14.8. The molecular formula is C17H14FN3O. The Bertz CT molecular complexity index is 837. The lowest BCUT2D eigenvalue weighted by molar-refractivity contribution is -0.111. The Hall–Kier alpha value is -2.56. The summed E-state index contributed by atoms with van der Waals surface area (Å²) >= 11 is 0. The van der Waals surface area contributed by atoms with E-state index in [1.807, 2.05) is 6.07 Å². The zero-order chi connectivity index (χ0) is 15.1. The maximum Gasteiger partial charge on any atom is 0.144 e. The largest absolute Gasteiger partial charge is 0.301 e. The molecule has 1 aliphatic carbocycles. The first-order valence-electron chi connectivity index (χ1n) is 7.31. The number of carbonyl (C=O) groups is 1. The van der Waals surface area contributed by atoms with Gasteiger partial charge in [0.2, 0.25) is 0 Å². The van der Waals surface area contributed by atoms with Crippen LogP contribution >= 0.6 is 0 Å². The molecule has 22 heavy (non-hydrogen) atoms. The highest BCUT2D eigenvalue weighted by Gasteiger charge is 2.33. The molecule has 0 bridgehead atoms. The molecule has 0 unspecified atom stereocenters. The van der Waals surface area contributed by atoms with Crippen LogP contribution in [0.25, 0.3) is 22.2 Å². The molecule has 0 aliphatic heterocycles. The van der Waals surface area contributed by atoms with Crippen LogP contribution in [0, 0.1) is 11.7 Å². The average molecular weight is 295 g/mol. The van der Waals surface area contributed by atoms with Gasteiger partial charge in [0, 0.05) is 11.8 Å². The SMILES string of the molecule is O=C[C@H](C1CC1)n1ncc2ncc(-c3ccc(F)cc3)cc21. The minimum absolute atomic E-state index is 0.220. The van der Waals surface area contributed by atoms with E-state index in [9.17, 15) is 9.18 Å². The first kappa shape index (κ1) is 13.1. The highest BCUT2D eigenvalue weighted by Crippen LogP contribution is 2.39. The standard InChI is InChI=1S/C17H14FN3O/c18-14-5-3-11(4-6-14)13-7-16-15(19-8-13)9-20-21(16)17(10-22)12-1-2-12/h3-10,12,17H,1-2H2/t17-/m1/s1. The molecule has 2 aromatic heterocycles. The van der Waals surface area contributed by atoms with E-state index < -0.39 is 0 Å². The maximum atomic E-state index is 13.0. The van der Waals surface area contributed by atoms with E-state index in [0.29, 0.717) is 5.92 Å². The molecule has 1 aliphatic rings. The first-order valence-corrected chi connectivity index (χ1v) is 7.31. The Morgan fingerprint density at radius 3 is 2.64 bits per heavy atom. The summed E-state index contributed by atoms with van der Waals surface area (Å²) in [4.78, 5) is 15.8. The first-order chi connectivity index (χ1) is 10.8. The number of fused-ring (bicyclic) bond motifs is 1. The van der Waals surface area contributed by atoms with Gasteiger partial charge in [-0.15, -0.1) is 0 Å². The van der Waals surface area contributed by atoms with Crippen LogP contribution in [0.15, 0.2) is 42.7 Å². The maximum absolute atomic E-state index is 13.0. The minimum Gasteiger partial charge on any atom is -0.301 e. The van der Waals surface area contributed by atoms with Crippen LogP contribution in [0.5, 0.6) is 0 Å². The van der Waals surface area contributed by atoms with E-state index >= 15 is 0 Å². The van der Waals surface area contributed by atoms with Crippen molar-refractivity contribution in [3.8, 4) is 11.1 Å². The van der Waals surface area contributed by atoms with Gasteiger partial charge in [-0.3, -0.25) is 9.67 Å². The molecular weight excluding hydrogens is 281 g/mol. The second-order valence-corrected chi connectivity index (χ2v) is 5.69. The second-order valence-electron chi connectivity index (χ2n) is 5.69. The number of hydrogen-bond donors (Lipinski definition) is 0. The van der Waals surface area contributed by atoms with E-state index in [0.717, 1.165) is 41.3 Å². The summed E-state index contributed by atoms with van der Waals surface area (Å²) in [7, 11) is 0. The number of pyridine rings is 1. The Labute approximate surface area is 126 Å². The Kier molecular flexibility index (Phi) is 2.99. The monoisotopic (exact) mass is 295 g/mol. The molecule has 2 heterocycles. The fourth-order valence-corrected chi connectivity index (χ4v) is 2.77. The van der Waals surface area contributed by atoms with Crippen molar-refractivity contribution < 1.29 is 9.18 Å². The van der Waals surface area contributed by atoms with E-state index in [2.05, 4.69) is 10.1 Å². The molecule has 0 amide bonds. The van der Waals surface area contributed by atoms with E-state index in [-0.39, 0.29) is 11.9 Å². The summed E-state index contributed by atoms with van der Waals surface area (Å²) in [5.74, 6) is 0.118. The Balaban J connectivity index is 1.82. The second kappa shape index (κ2) is 5.02. The van der Waals surface area contributed by atoms with Gasteiger partial charge in [0.05, 0.1) is 11.7 Å². The summed E-state index contributed by atoms with van der Waals surface area (Å²) in [5, 5.41) is 4.34. The number of halogens is 1. The molecule has 3 aromatic rings. The fraction of sp³-hybridized carbons (Fsp3) is 0.235. The molecule has 4 rings (SSSR count). The van der Waals surface area contributed by atoms with Crippen molar-refractivity contribution >= 4 is 17.3 Å². The summed E-state index contributed by atoms with van der Waals surface area (Å²) in [5.41, 5.74) is 3.37. The number of nitrogens with zero attached hydrogens (tertiary/aromatic N) is 3. The van der Waals surface area contributed by atoms with E-state index in [1.54, 1.807) is 29.2 Å². The van der Waals surface area contributed by atoms with Crippen LogP contribution in [0.2, 0.25) is 0 Å². The van der Waals surface area contributed by atoms with Gasteiger partial charge in [0.1, 0.15) is 23.7 Å². The van der Waals surface area contributed by atoms with Crippen molar-refractivity contribution in [2.24, 2.45) is 5.92 Å². The van der Waals surface area contributed by atoms with Crippen molar-refractivity contribution in [3.05, 3.63) is 48.5 Å². The third-order valence-electron chi connectivity index (χ3n) is 4.15. The quantitative estimate of drug-likeness (QED) is 0.693. The number of hydrogen-bond acceptors (Lipinski definition) is 3. The van der Waals surface area contributed by atoms with Gasteiger partial charge < -0.3 is 4.79 Å². The molecule has 0 radical (unpaired) electrons. The molecule has 0 spiro atoms. The molecule has 4 nitrogen and oxygen atoms in total. The highest BCUT2D eigenvalue weighted by atomic mass is 19.1. The van der Waals surface area contributed by atoms with Gasteiger partial charge in [0.25, 0.3) is 0 Å². The Morgan fingerprint density at radius 2 is 1.95 bits per heavy atom. The molecule has 110 valence electrons. The molecule has 1 atom stereocenters. The van der Waals surface area contributed by atoms with E-state index in [4.69, 9.17) is 0 Å². The van der Waals surface area contributed by atoms with Crippen molar-refractivity contribution in [1.82, 2.24) is 14.8 Å². The smallest absolute Gasteiger partial charge is 0.144 e. The van der Waals surface area contributed by atoms with Gasteiger partial charge in [-0.25, -0.2) is 4.39 Å². The molecule has 0 saturated heterocycles. The van der Waals surface area contributed by atoms with Gasteiger partial charge in [-0.1, -0.05) is 12.1 Å². The third kappa shape index (κ3) is 2.19. The zero-order valence-electron chi connectivity index (χ0n) is 11.8. The van der Waals surface area contributed by atoms with Gasteiger partial charge in [-0.2, -0.15) is 5.10 Å². The normalized spacial score (nSPS) is 15.9. The summed E-state index contributed by atoms with van der Waals surface area (Å²) in [6.45, 7) is 0. The average Bonchev–Trinajstić information content (AvgIpc) is 3.29. The number of benzene rings is 1. The van der Waals surface area contributed by atoms with Gasteiger partial charge in [0.15, 0.2) is 0 Å². The van der Waals surface area contributed by atoms with Crippen LogP contribution in [-0.2, 0) is 4.79 Å².